The molecule has 0 bridgehead atoms. The molecule has 0 amide bonds. The van der Waals surface area contributed by atoms with E-state index in [1.165, 1.54) is 23.9 Å². The van der Waals surface area contributed by atoms with Crippen LogP contribution in [0.4, 0.5) is 4.39 Å². The van der Waals surface area contributed by atoms with Gasteiger partial charge in [-0.3, -0.25) is 0 Å². The molecule has 0 aliphatic rings. The molecule has 0 radical (unpaired) electrons. The molecule has 0 spiro atoms. The van der Waals surface area contributed by atoms with Gasteiger partial charge in [-0.1, -0.05) is 0 Å². The Balaban J connectivity index is 2.27. The second kappa shape index (κ2) is 4.63. The lowest BCUT2D eigenvalue weighted by molar-refractivity contribution is 0.429. The van der Waals surface area contributed by atoms with Gasteiger partial charge in [0.25, 0.3) is 5.22 Å². The van der Waals surface area contributed by atoms with Crippen LogP contribution in [0.3, 0.4) is 0 Å². The standard InChI is InChI=1S/C10H10FN3OS/c1-6-13-14-10(15-6)16-9-3-2-8(11)4-7(9)5-12/h2-4H,5,12H2,1H3. The van der Waals surface area contributed by atoms with Gasteiger partial charge < -0.3 is 10.2 Å². The number of halogens is 1. The summed E-state index contributed by atoms with van der Waals surface area (Å²) in [5.41, 5.74) is 6.25. The normalized spacial score (nSPS) is 10.7. The van der Waals surface area contributed by atoms with Crippen LogP contribution < -0.4 is 5.73 Å². The summed E-state index contributed by atoms with van der Waals surface area (Å²) in [6.07, 6.45) is 0. The van der Waals surface area contributed by atoms with Gasteiger partial charge >= 0.3 is 0 Å². The van der Waals surface area contributed by atoms with Crippen molar-refractivity contribution in [2.75, 3.05) is 0 Å². The first-order valence-corrected chi connectivity index (χ1v) is 5.47. The van der Waals surface area contributed by atoms with Crippen molar-refractivity contribution in [3.8, 4) is 0 Å². The fraction of sp³-hybridized carbons (Fsp3) is 0.200. The van der Waals surface area contributed by atoms with Gasteiger partial charge in [-0.05, 0) is 35.5 Å². The molecule has 0 saturated heterocycles. The Labute approximate surface area is 96.0 Å². The van der Waals surface area contributed by atoms with Crippen molar-refractivity contribution in [1.29, 1.82) is 0 Å². The molecule has 84 valence electrons. The SMILES string of the molecule is Cc1nnc(Sc2ccc(F)cc2CN)o1. The van der Waals surface area contributed by atoms with E-state index in [9.17, 15) is 4.39 Å². The molecule has 1 aromatic heterocycles. The highest BCUT2D eigenvalue weighted by molar-refractivity contribution is 7.99. The van der Waals surface area contributed by atoms with E-state index in [4.69, 9.17) is 10.2 Å². The second-order valence-corrected chi connectivity index (χ2v) is 4.14. The molecule has 1 heterocycles. The molecular formula is C10H10FN3OS. The van der Waals surface area contributed by atoms with Crippen LogP contribution >= 0.6 is 11.8 Å². The summed E-state index contributed by atoms with van der Waals surface area (Å²) >= 11 is 1.28. The van der Waals surface area contributed by atoms with Crippen LogP contribution in [0.1, 0.15) is 11.5 Å². The highest BCUT2D eigenvalue weighted by Crippen LogP contribution is 2.29. The molecular weight excluding hydrogens is 229 g/mol. The number of hydrogen-bond acceptors (Lipinski definition) is 5. The predicted molar refractivity (Wildman–Crippen MR) is 57.4 cm³/mol. The highest BCUT2D eigenvalue weighted by atomic mass is 32.2. The number of hydrogen-bond donors (Lipinski definition) is 1. The maximum Gasteiger partial charge on any atom is 0.281 e. The molecule has 2 N–H and O–H groups in total. The summed E-state index contributed by atoms with van der Waals surface area (Å²) in [5, 5.41) is 7.99. The van der Waals surface area contributed by atoms with E-state index >= 15 is 0 Å². The lowest BCUT2D eigenvalue weighted by atomic mass is 10.2. The molecule has 2 aromatic rings. The maximum absolute atomic E-state index is 13.0. The minimum atomic E-state index is -0.300. The van der Waals surface area contributed by atoms with Crippen molar-refractivity contribution in [3.63, 3.8) is 0 Å². The van der Waals surface area contributed by atoms with Crippen LogP contribution in [-0.2, 0) is 6.54 Å². The van der Waals surface area contributed by atoms with Gasteiger partial charge in [0, 0.05) is 18.4 Å². The zero-order chi connectivity index (χ0) is 11.5. The number of nitrogens with two attached hydrogens (primary N) is 1. The molecule has 6 heteroatoms. The van der Waals surface area contributed by atoms with Crippen LogP contribution in [0.2, 0.25) is 0 Å². The van der Waals surface area contributed by atoms with Gasteiger partial charge in [0.05, 0.1) is 0 Å². The Bertz CT molecular complexity index is 501. The summed E-state index contributed by atoms with van der Waals surface area (Å²) in [6, 6.07) is 4.44. The summed E-state index contributed by atoms with van der Waals surface area (Å²) in [4.78, 5) is 0.826. The van der Waals surface area contributed by atoms with Crippen molar-refractivity contribution in [2.24, 2.45) is 5.73 Å². The zero-order valence-corrected chi connectivity index (χ0v) is 9.42. The summed E-state index contributed by atoms with van der Waals surface area (Å²) in [6.45, 7) is 1.98. The van der Waals surface area contributed by atoms with E-state index < -0.39 is 0 Å². The van der Waals surface area contributed by atoms with Crippen molar-refractivity contribution in [1.82, 2.24) is 10.2 Å². The molecule has 0 aliphatic heterocycles. The van der Waals surface area contributed by atoms with Gasteiger partial charge in [-0.15, -0.1) is 10.2 Å². The Morgan fingerprint density at radius 3 is 2.88 bits per heavy atom. The Hall–Kier alpha value is -1.40. The van der Waals surface area contributed by atoms with E-state index in [1.54, 1.807) is 13.0 Å². The number of aromatic nitrogens is 2. The van der Waals surface area contributed by atoms with Crippen molar-refractivity contribution in [3.05, 3.63) is 35.5 Å². The maximum atomic E-state index is 13.0. The minimum absolute atomic E-state index is 0.271. The molecule has 16 heavy (non-hydrogen) atoms. The van der Waals surface area contributed by atoms with E-state index in [0.29, 0.717) is 11.1 Å². The van der Waals surface area contributed by atoms with Gasteiger partial charge in [0.1, 0.15) is 5.82 Å². The monoisotopic (exact) mass is 239 g/mol. The smallest absolute Gasteiger partial charge is 0.281 e. The van der Waals surface area contributed by atoms with Gasteiger partial charge in [-0.2, -0.15) is 0 Å². The fourth-order valence-electron chi connectivity index (χ4n) is 1.22. The van der Waals surface area contributed by atoms with Gasteiger partial charge in [0.2, 0.25) is 5.89 Å². The lowest BCUT2D eigenvalue weighted by Gasteiger charge is -2.04. The Kier molecular flexibility index (Phi) is 3.21. The van der Waals surface area contributed by atoms with E-state index in [2.05, 4.69) is 10.2 Å². The van der Waals surface area contributed by atoms with Gasteiger partial charge in [-0.25, -0.2) is 4.39 Å². The largest absolute Gasteiger partial charge is 0.416 e. The number of nitrogens with zero attached hydrogens (tertiary/aromatic N) is 2. The van der Waals surface area contributed by atoms with Crippen LogP contribution in [0, 0.1) is 12.7 Å². The summed E-state index contributed by atoms with van der Waals surface area (Å²) < 4.78 is 18.2. The first kappa shape index (κ1) is 11.1. The van der Waals surface area contributed by atoms with Crippen LogP contribution in [-0.4, -0.2) is 10.2 Å². The zero-order valence-electron chi connectivity index (χ0n) is 8.61. The Morgan fingerprint density at radius 1 is 1.44 bits per heavy atom. The average Bonchev–Trinajstić information content (AvgIpc) is 2.67. The predicted octanol–water partition coefficient (Wildman–Crippen LogP) is 2.13. The lowest BCUT2D eigenvalue weighted by Crippen LogP contribution is -1.99. The van der Waals surface area contributed by atoms with E-state index in [1.807, 2.05) is 0 Å². The van der Waals surface area contributed by atoms with Crippen LogP contribution in [0.15, 0.2) is 32.7 Å². The quantitative estimate of drug-likeness (QED) is 0.888. The first-order valence-electron chi connectivity index (χ1n) is 4.65. The van der Waals surface area contributed by atoms with Crippen molar-refractivity contribution in [2.45, 2.75) is 23.6 Å². The third kappa shape index (κ3) is 2.40. The van der Waals surface area contributed by atoms with Crippen molar-refractivity contribution < 1.29 is 8.81 Å². The minimum Gasteiger partial charge on any atom is -0.416 e. The van der Waals surface area contributed by atoms with E-state index in [-0.39, 0.29) is 12.4 Å². The number of benzene rings is 1. The van der Waals surface area contributed by atoms with Gasteiger partial charge in [0.15, 0.2) is 0 Å². The molecule has 0 saturated carbocycles. The molecule has 1 aromatic carbocycles. The summed E-state index contributed by atoms with van der Waals surface area (Å²) in [7, 11) is 0. The molecule has 0 unspecified atom stereocenters. The molecule has 0 atom stereocenters. The number of aryl methyl sites for hydroxylation is 1. The topological polar surface area (TPSA) is 64.9 Å². The number of rotatable bonds is 3. The van der Waals surface area contributed by atoms with Crippen LogP contribution in [0.25, 0.3) is 0 Å². The van der Waals surface area contributed by atoms with Crippen molar-refractivity contribution >= 4 is 11.8 Å². The second-order valence-electron chi connectivity index (χ2n) is 3.15. The average molecular weight is 239 g/mol. The molecule has 0 aliphatic carbocycles. The van der Waals surface area contributed by atoms with E-state index in [0.717, 1.165) is 10.5 Å². The first-order chi connectivity index (χ1) is 7.69. The third-order valence-electron chi connectivity index (χ3n) is 1.95. The highest BCUT2D eigenvalue weighted by Gasteiger charge is 2.09. The fourth-order valence-corrected chi connectivity index (χ4v) is 2.06. The molecule has 0 fully saturated rings. The molecule has 2 rings (SSSR count). The summed E-state index contributed by atoms with van der Waals surface area (Å²) in [5.74, 6) is 0.199. The Morgan fingerprint density at radius 2 is 2.25 bits per heavy atom. The third-order valence-corrected chi connectivity index (χ3v) is 2.90. The molecule has 4 nitrogen and oxygen atoms in total. The van der Waals surface area contributed by atoms with Crippen LogP contribution in [0.5, 0.6) is 0 Å².